The SMILES string of the molecule is Cc1ccc(S(C)(=O)=O)cc1C(O)C(=O)O. The molecule has 0 heterocycles. The van der Waals surface area contributed by atoms with Gasteiger partial charge in [0.2, 0.25) is 0 Å². The highest BCUT2D eigenvalue weighted by molar-refractivity contribution is 7.90. The van der Waals surface area contributed by atoms with Crippen LogP contribution in [0.3, 0.4) is 0 Å². The number of aliphatic hydroxyl groups is 1. The summed E-state index contributed by atoms with van der Waals surface area (Å²) < 4.78 is 22.5. The van der Waals surface area contributed by atoms with Crippen molar-refractivity contribution in [1.82, 2.24) is 0 Å². The molecule has 16 heavy (non-hydrogen) atoms. The minimum absolute atomic E-state index is 0.00611. The number of carbonyl (C=O) groups is 1. The van der Waals surface area contributed by atoms with E-state index in [0.29, 0.717) is 5.56 Å². The molecule has 1 unspecified atom stereocenters. The van der Waals surface area contributed by atoms with Crippen LogP contribution in [0.4, 0.5) is 0 Å². The second-order valence-corrected chi connectivity index (χ2v) is 5.55. The third-order valence-corrected chi connectivity index (χ3v) is 3.32. The van der Waals surface area contributed by atoms with Gasteiger partial charge in [0.1, 0.15) is 0 Å². The molecule has 0 aromatic heterocycles. The summed E-state index contributed by atoms with van der Waals surface area (Å²) >= 11 is 0. The van der Waals surface area contributed by atoms with E-state index in [0.717, 1.165) is 6.26 Å². The normalized spacial score (nSPS) is 13.4. The van der Waals surface area contributed by atoms with Gasteiger partial charge in [0.25, 0.3) is 0 Å². The Kier molecular flexibility index (Phi) is 3.35. The van der Waals surface area contributed by atoms with Gasteiger partial charge in [-0.05, 0) is 30.2 Å². The predicted octanol–water partition coefficient (Wildman–Crippen LogP) is 0.517. The number of sulfone groups is 1. The van der Waals surface area contributed by atoms with E-state index < -0.39 is 21.9 Å². The van der Waals surface area contributed by atoms with Crippen molar-refractivity contribution in [3.05, 3.63) is 29.3 Å². The Bertz CT molecular complexity index is 518. The summed E-state index contributed by atoms with van der Waals surface area (Å²) in [5.41, 5.74) is 0.623. The van der Waals surface area contributed by atoms with Crippen LogP contribution in [0.15, 0.2) is 23.1 Å². The Morgan fingerprint density at radius 1 is 1.38 bits per heavy atom. The smallest absolute Gasteiger partial charge is 0.337 e. The van der Waals surface area contributed by atoms with Gasteiger partial charge >= 0.3 is 5.97 Å². The maximum atomic E-state index is 11.3. The molecule has 0 amide bonds. The van der Waals surface area contributed by atoms with Gasteiger partial charge in [-0.1, -0.05) is 6.07 Å². The molecule has 0 aliphatic rings. The van der Waals surface area contributed by atoms with Crippen molar-refractivity contribution >= 4 is 15.8 Å². The van der Waals surface area contributed by atoms with Crippen LogP contribution in [-0.4, -0.2) is 30.9 Å². The lowest BCUT2D eigenvalue weighted by molar-refractivity contribution is -0.147. The van der Waals surface area contributed by atoms with Crippen LogP contribution in [0.1, 0.15) is 17.2 Å². The zero-order valence-electron chi connectivity index (χ0n) is 8.84. The number of benzene rings is 1. The van der Waals surface area contributed by atoms with Crippen LogP contribution >= 0.6 is 0 Å². The van der Waals surface area contributed by atoms with Gasteiger partial charge in [-0.25, -0.2) is 13.2 Å². The average molecular weight is 244 g/mol. The molecule has 0 aliphatic carbocycles. The van der Waals surface area contributed by atoms with E-state index in [4.69, 9.17) is 5.11 Å². The summed E-state index contributed by atoms with van der Waals surface area (Å²) in [6.07, 6.45) is -0.684. The summed E-state index contributed by atoms with van der Waals surface area (Å²) in [5.74, 6) is -1.41. The van der Waals surface area contributed by atoms with E-state index in [2.05, 4.69) is 0 Å². The summed E-state index contributed by atoms with van der Waals surface area (Å²) in [7, 11) is -3.41. The number of hydrogen-bond donors (Lipinski definition) is 2. The average Bonchev–Trinajstić information content (AvgIpc) is 2.15. The monoisotopic (exact) mass is 244 g/mol. The minimum Gasteiger partial charge on any atom is -0.479 e. The van der Waals surface area contributed by atoms with Gasteiger partial charge in [-0.3, -0.25) is 0 Å². The number of aryl methyl sites for hydroxylation is 1. The topological polar surface area (TPSA) is 91.7 Å². The molecule has 1 aromatic carbocycles. The first kappa shape index (κ1) is 12.7. The third-order valence-electron chi connectivity index (χ3n) is 2.21. The molecular weight excluding hydrogens is 232 g/mol. The van der Waals surface area contributed by atoms with Crippen LogP contribution in [0.5, 0.6) is 0 Å². The van der Waals surface area contributed by atoms with Crippen molar-refractivity contribution in [2.24, 2.45) is 0 Å². The molecule has 0 aliphatic heterocycles. The van der Waals surface area contributed by atoms with Crippen molar-refractivity contribution in [3.63, 3.8) is 0 Å². The number of rotatable bonds is 3. The van der Waals surface area contributed by atoms with Gasteiger partial charge < -0.3 is 10.2 Å². The molecule has 0 saturated carbocycles. The van der Waals surface area contributed by atoms with Gasteiger partial charge in [-0.2, -0.15) is 0 Å². The van der Waals surface area contributed by atoms with Gasteiger partial charge in [-0.15, -0.1) is 0 Å². The highest BCUT2D eigenvalue weighted by atomic mass is 32.2. The van der Waals surface area contributed by atoms with Gasteiger partial charge in [0, 0.05) is 6.26 Å². The predicted molar refractivity (Wildman–Crippen MR) is 56.9 cm³/mol. The largest absolute Gasteiger partial charge is 0.479 e. The molecule has 1 aromatic rings. The molecule has 6 heteroatoms. The maximum Gasteiger partial charge on any atom is 0.337 e. The van der Waals surface area contributed by atoms with Crippen molar-refractivity contribution in [2.45, 2.75) is 17.9 Å². The zero-order chi connectivity index (χ0) is 12.5. The molecule has 0 spiro atoms. The molecule has 0 radical (unpaired) electrons. The lowest BCUT2D eigenvalue weighted by Gasteiger charge is -2.10. The second kappa shape index (κ2) is 4.23. The zero-order valence-corrected chi connectivity index (χ0v) is 9.65. The van der Waals surface area contributed by atoms with Crippen molar-refractivity contribution in [1.29, 1.82) is 0 Å². The molecule has 1 rings (SSSR count). The fourth-order valence-electron chi connectivity index (χ4n) is 1.28. The Morgan fingerprint density at radius 2 is 1.94 bits per heavy atom. The molecular formula is C10H12O5S. The first-order chi connectivity index (χ1) is 7.23. The van der Waals surface area contributed by atoms with Crippen molar-refractivity contribution in [3.8, 4) is 0 Å². The molecule has 0 saturated heterocycles. The minimum atomic E-state index is -3.41. The fraction of sp³-hybridized carbons (Fsp3) is 0.300. The Hall–Kier alpha value is -1.40. The van der Waals surface area contributed by atoms with E-state index >= 15 is 0 Å². The van der Waals surface area contributed by atoms with Crippen LogP contribution in [0.25, 0.3) is 0 Å². The van der Waals surface area contributed by atoms with Gasteiger partial charge in [0.05, 0.1) is 4.90 Å². The summed E-state index contributed by atoms with van der Waals surface area (Å²) in [6, 6.07) is 4.03. The number of carboxylic acid groups (broad SMARTS) is 1. The highest BCUT2D eigenvalue weighted by Crippen LogP contribution is 2.21. The fourth-order valence-corrected chi connectivity index (χ4v) is 1.93. The van der Waals surface area contributed by atoms with E-state index in [1.165, 1.54) is 18.2 Å². The standard InChI is InChI=1S/C10H12O5S/c1-6-3-4-7(16(2,14)15)5-8(6)9(11)10(12)13/h3-5,9,11H,1-2H3,(H,12,13). The number of carboxylic acids is 1. The number of aliphatic carboxylic acids is 1. The summed E-state index contributed by atoms with van der Waals surface area (Å²) in [6.45, 7) is 1.60. The Morgan fingerprint density at radius 3 is 2.38 bits per heavy atom. The van der Waals surface area contributed by atoms with E-state index in [1.807, 2.05) is 0 Å². The first-order valence-corrected chi connectivity index (χ1v) is 6.34. The quantitative estimate of drug-likeness (QED) is 0.808. The van der Waals surface area contributed by atoms with Crippen molar-refractivity contribution < 1.29 is 23.4 Å². The van der Waals surface area contributed by atoms with Crippen molar-refractivity contribution in [2.75, 3.05) is 6.26 Å². The maximum absolute atomic E-state index is 11.3. The van der Waals surface area contributed by atoms with E-state index in [9.17, 15) is 18.3 Å². The Balaban J connectivity index is 3.35. The molecule has 2 N–H and O–H groups in total. The first-order valence-electron chi connectivity index (χ1n) is 4.45. The van der Waals surface area contributed by atoms with Crippen LogP contribution in [0, 0.1) is 6.92 Å². The summed E-state index contributed by atoms with van der Waals surface area (Å²) in [4.78, 5) is 10.6. The lowest BCUT2D eigenvalue weighted by atomic mass is 10.0. The second-order valence-electron chi connectivity index (χ2n) is 3.53. The number of aliphatic hydroxyl groups excluding tert-OH is 1. The van der Waals surface area contributed by atoms with Crippen LogP contribution < -0.4 is 0 Å². The summed E-state index contributed by atoms with van der Waals surface area (Å²) in [5, 5.41) is 18.0. The molecule has 5 nitrogen and oxygen atoms in total. The molecule has 1 atom stereocenters. The number of hydrogen-bond acceptors (Lipinski definition) is 4. The van der Waals surface area contributed by atoms with Gasteiger partial charge in [0.15, 0.2) is 15.9 Å². The highest BCUT2D eigenvalue weighted by Gasteiger charge is 2.20. The van der Waals surface area contributed by atoms with Crippen LogP contribution in [0.2, 0.25) is 0 Å². The molecule has 88 valence electrons. The third kappa shape index (κ3) is 2.59. The van der Waals surface area contributed by atoms with E-state index in [1.54, 1.807) is 6.92 Å². The molecule has 0 bridgehead atoms. The Labute approximate surface area is 93.3 Å². The molecule has 0 fully saturated rings. The van der Waals surface area contributed by atoms with E-state index in [-0.39, 0.29) is 10.5 Å². The van der Waals surface area contributed by atoms with Crippen LogP contribution in [-0.2, 0) is 14.6 Å². The lowest BCUT2D eigenvalue weighted by Crippen LogP contribution is -2.12.